The summed E-state index contributed by atoms with van der Waals surface area (Å²) < 4.78 is 34.0. The highest BCUT2D eigenvalue weighted by molar-refractivity contribution is 5.91. The number of nitrogens with two attached hydrogens (primary N) is 1. The molecular formula is C16H28ClF2N3O10. The van der Waals surface area contributed by atoms with Crippen LogP contribution in [0.4, 0.5) is 8.78 Å². The maximum absolute atomic E-state index is 14.7. The number of hydrogen-bond acceptors (Lipinski definition) is 10. The fourth-order valence-electron chi connectivity index (χ4n) is 2.76. The number of carbonyl (C=O) groups excluding carboxylic acids is 2. The molecule has 0 aromatic carbocycles. The molecule has 1 aliphatic rings. The highest BCUT2D eigenvalue weighted by atomic mass is 35.5. The van der Waals surface area contributed by atoms with Gasteiger partial charge in [0.1, 0.15) is 36.5 Å². The van der Waals surface area contributed by atoms with Gasteiger partial charge in [-0.25, -0.2) is 8.78 Å². The molecule has 0 aromatic rings. The molecule has 1 unspecified atom stereocenters. The average molecular weight is 496 g/mol. The van der Waals surface area contributed by atoms with Crippen LogP contribution in [0.5, 0.6) is 0 Å². The third-order valence-electron chi connectivity index (χ3n) is 4.78. The van der Waals surface area contributed by atoms with Crippen LogP contribution in [0, 0.1) is 0 Å². The Hall–Kier alpha value is -1.72. The summed E-state index contributed by atoms with van der Waals surface area (Å²) in [7, 11) is 0. The summed E-state index contributed by atoms with van der Waals surface area (Å²) >= 11 is 0. The first-order valence-corrected chi connectivity index (χ1v) is 9.11. The van der Waals surface area contributed by atoms with Gasteiger partial charge >= 0.3 is 11.9 Å². The Morgan fingerprint density at radius 2 is 1.59 bits per heavy atom. The average Bonchev–Trinajstić information content (AvgIpc) is 2.68. The lowest BCUT2D eigenvalue weighted by Gasteiger charge is -2.48. The first-order chi connectivity index (χ1) is 14.1. The van der Waals surface area contributed by atoms with Crippen LogP contribution in [0.1, 0.15) is 20.3 Å². The molecule has 8 atom stereocenters. The van der Waals surface area contributed by atoms with Crippen LogP contribution in [-0.4, -0.2) is 109 Å². The van der Waals surface area contributed by atoms with E-state index < -0.39 is 85.1 Å². The van der Waals surface area contributed by atoms with Crippen molar-refractivity contribution in [1.82, 2.24) is 10.6 Å². The van der Waals surface area contributed by atoms with E-state index in [1.165, 1.54) is 0 Å². The van der Waals surface area contributed by atoms with Crippen molar-refractivity contribution >= 4 is 30.2 Å². The Bertz CT molecular complexity index is 688. The number of ether oxygens (including phenoxy) is 1. The Morgan fingerprint density at radius 3 is 2.06 bits per heavy atom. The summed E-state index contributed by atoms with van der Waals surface area (Å²) in [6, 6.07) is -4.70. The van der Waals surface area contributed by atoms with Crippen molar-refractivity contribution in [2.24, 2.45) is 5.73 Å². The molecule has 1 rings (SSSR count). The number of nitrogens with one attached hydrogen (secondary N) is 2. The Labute approximate surface area is 186 Å². The molecule has 1 fully saturated rings. The summed E-state index contributed by atoms with van der Waals surface area (Å²) in [5, 5.41) is 61.2. The Kier molecular flexibility index (Phi) is 10.8. The van der Waals surface area contributed by atoms with Gasteiger partial charge in [-0.05, 0) is 13.8 Å². The van der Waals surface area contributed by atoms with Crippen molar-refractivity contribution < 1.29 is 58.5 Å². The normalized spacial score (nSPS) is 30.9. The molecule has 188 valence electrons. The van der Waals surface area contributed by atoms with Gasteiger partial charge in [-0.15, -0.1) is 12.4 Å². The molecule has 10 N–H and O–H groups in total. The predicted octanol–water partition coefficient (Wildman–Crippen LogP) is -3.98. The molecule has 0 spiro atoms. The molecule has 1 saturated heterocycles. The largest absolute Gasteiger partial charge is 0.480 e. The number of aliphatic carboxylic acids is 1. The molecule has 0 aromatic heterocycles. The van der Waals surface area contributed by atoms with Gasteiger partial charge in [-0.1, -0.05) is 0 Å². The molecule has 0 bridgehead atoms. The van der Waals surface area contributed by atoms with Gasteiger partial charge < -0.3 is 51.7 Å². The van der Waals surface area contributed by atoms with Crippen molar-refractivity contribution in [3.63, 3.8) is 0 Å². The van der Waals surface area contributed by atoms with E-state index in [4.69, 9.17) is 15.9 Å². The second-order valence-electron chi connectivity index (χ2n) is 7.28. The number of amides is 2. The number of hydrogen-bond donors (Lipinski definition) is 9. The van der Waals surface area contributed by atoms with Gasteiger partial charge in [-0.3, -0.25) is 14.4 Å². The number of carbonyl (C=O) groups is 3. The molecule has 32 heavy (non-hydrogen) atoms. The SMILES string of the molecule is C[C@H](NC(=O)[C@H](C)NC(=O)C(N)CC(F)(F)[C@]1(O)O[C@H](CO)[C@H](O)[C@H](O)[C@H]1O)C(=O)O.Cl. The van der Waals surface area contributed by atoms with Gasteiger partial charge in [0.2, 0.25) is 11.8 Å². The quantitative estimate of drug-likeness (QED) is 0.149. The Balaban J connectivity index is 0.00000961. The van der Waals surface area contributed by atoms with E-state index in [0.29, 0.717) is 0 Å². The summed E-state index contributed by atoms with van der Waals surface area (Å²) in [6.45, 7) is 1.21. The van der Waals surface area contributed by atoms with Gasteiger partial charge in [0.25, 0.3) is 5.79 Å². The zero-order valence-electron chi connectivity index (χ0n) is 17.0. The highest BCUT2D eigenvalue weighted by Crippen LogP contribution is 2.42. The Morgan fingerprint density at radius 1 is 1.09 bits per heavy atom. The zero-order chi connectivity index (χ0) is 24.3. The molecule has 0 saturated carbocycles. The van der Waals surface area contributed by atoms with Crippen molar-refractivity contribution in [2.75, 3.05) is 6.61 Å². The third kappa shape index (κ3) is 6.41. The monoisotopic (exact) mass is 495 g/mol. The minimum Gasteiger partial charge on any atom is -0.480 e. The number of carboxylic acid groups (broad SMARTS) is 1. The summed E-state index contributed by atoms with van der Waals surface area (Å²) in [5.41, 5.74) is 5.41. The molecular weight excluding hydrogens is 468 g/mol. The van der Waals surface area contributed by atoms with Crippen molar-refractivity contribution in [3.8, 4) is 0 Å². The van der Waals surface area contributed by atoms with Gasteiger partial charge in [0.15, 0.2) is 0 Å². The standard InChI is InChI=1S/C16H27F2N3O10.ClH/c1-5(12(26)21-6(2)14(28)29)20-13(27)7(19)3-15(17,18)16(30)11(25)10(24)9(23)8(4-22)31-16;/h5-11,22-25,30H,3-4,19H2,1-2H3,(H,20,27)(H,21,26)(H,28,29);1H/t5-,6-,7?,8+,9-,10-,11+,16+;/m0./s1. The van der Waals surface area contributed by atoms with E-state index in [2.05, 4.69) is 4.74 Å². The maximum atomic E-state index is 14.7. The number of aliphatic hydroxyl groups excluding tert-OH is 4. The summed E-state index contributed by atoms with van der Waals surface area (Å²) in [5.74, 6) is -11.8. The topological polar surface area (TPSA) is 232 Å². The van der Waals surface area contributed by atoms with Crippen LogP contribution in [0.3, 0.4) is 0 Å². The lowest BCUT2D eigenvalue weighted by molar-refractivity contribution is -0.412. The minimum atomic E-state index is -4.47. The summed E-state index contributed by atoms with van der Waals surface area (Å²) in [4.78, 5) is 34.6. The van der Waals surface area contributed by atoms with Crippen LogP contribution in [0.25, 0.3) is 0 Å². The van der Waals surface area contributed by atoms with Crippen LogP contribution >= 0.6 is 12.4 Å². The first-order valence-electron chi connectivity index (χ1n) is 9.11. The number of carboxylic acids is 1. The lowest BCUT2D eigenvalue weighted by atomic mass is 9.86. The molecule has 1 heterocycles. The molecule has 1 aliphatic heterocycles. The lowest BCUT2D eigenvalue weighted by Crippen LogP contribution is -2.72. The number of alkyl halides is 2. The van der Waals surface area contributed by atoms with Gasteiger partial charge in [0, 0.05) is 6.42 Å². The van der Waals surface area contributed by atoms with E-state index in [0.717, 1.165) is 13.8 Å². The van der Waals surface area contributed by atoms with E-state index in [9.17, 15) is 43.6 Å². The van der Waals surface area contributed by atoms with Crippen molar-refractivity contribution in [3.05, 3.63) is 0 Å². The molecule has 0 radical (unpaired) electrons. The summed E-state index contributed by atoms with van der Waals surface area (Å²) in [6.07, 6.45) is -10.5. The number of halogens is 3. The van der Waals surface area contributed by atoms with E-state index in [1.807, 2.05) is 10.6 Å². The second-order valence-corrected chi connectivity index (χ2v) is 7.28. The minimum absolute atomic E-state index is 0. The van der Waals surface area contributed by atoms with Gasteiger partial charge in [-0.2, -0.15) is 0 Å². The van der Waals surface area contributed by atoms with E-state index in [1.54, 1.807) is 0 Å². The van der Waals surface area contributed by atoms with Gasteiger partial charge in [0.05, 0.1) is 12.6 Å². The predicted molar refractivity (Wildman–Crippen MR) is 103 cm³/mol. The van der Waals surface area contributed by atoms with Crippen LogP contribution in [-0.2, 0) is 19.1 Å². The van der Waals surface area contributed by atoms with Crippen molar-refractivity contribution in [2.45, 2.75) is 74.5 Å². The smallest absolute Gasteiger partial charge is 0.325 e. The number of rotatable bonds is 9. The van der Waals surface area contributed by atoms with E-state index >= 15 is 0 Å². The molecule has 2 amide bonds. The fraction of sp³-hybridized carbons (Fsp3) is 0.812. The molecule has 0 aliphatic carbocycles. The molecule has 13 nitrogen and oxygen atoms in total. The van der Waals surface area contributed by atoms with Crippen LogP contribution < -0.4 is 16.4 Å². The maximum Gasteiger partial charge on any atom is 0.325 e. The van der Waals surface area contributed by atoms with Crippen LogP contribution in [0.15, 0.2) is 0 Å². The fourth-order valence-corrected chi connectivity index (χ4v) is 2.76. The first kappa shape index (κ1) is 30.3. The number of aliphatic hydroxyl groups is 5. The van der Waals surface area contributed by atoms with Crippen molar-refractivity contribution in [1.29, 1.82) is 0 Å². The second kappa shape index (κ2) is 11.4. The van der Waals surface area contributed by atoms with E-state index in [-0.39, 0.29) is 12.4 Å². The zero-order valence-corrected chi connectivity index (χ0v) is 17.8. The third-order valence-corrected chi connectivity index (χ3v) is 4.78. The molecule has 16 heteroatoms. The highest BCUT2D eigenvalue weighted by Gasteiger charge is 2.66. The van der Waals surface area contributed by atoms with Crippen LogP contribution in [0.2, 0.25) is 0 Å².